The molecule has 1 aromatic heterocycles. The molecule has 178 valence electrons. The second-order valence-corrected chi connectivity index (χ2v) is 8.47. The van der Waals surface area contributed by atoms with Gasteiger partial charge < -0.3 is 19.5 Å². The minimum Gasteiger partial charge on any atom is -0.507 e. The molecule has 1 aliphatic rings. The van der Waals surface area contributed by atoms with Crippen LogP contribution in [0.15, 0.2) is 78.9 Å². The van der Waals surface area contributed by atoms with Crippen LogP contribution in [0.5, 0.6) is 11.5 Å². The molecule has 0 saturated carbocycles. The molecule has 5 rings (SSSR count). The number of ether oxygens (including phenoxy) is 2. The molecule has 1 amide bonds. The number of nitrogens with one attached hydrogen (secondary N) is 1. The molecule has 0 spiro atoms. The minimum absolute atomic E-state index is 0.111. The van der Waals surface area contributed by atoms with Crippen LogP contribution in [-0.2, 0) is 11.3 Å². The van der Waals surface area contributed by atoms with E-state index in [1.54, 1.807) is 25.3 Å². The van der Waals surface area contributed by atoms with Gasteiger partial charge in [-0.1, -0.05) is 54.6 Å². The van der Waals surface area contributed by atoms with Crippen LogP contribution in [0.3, 0.4) is 0 Å². The predicted octanol–water partition coefficient (Wildman–Crippen LogP) is 4.94. The molecule has 0 aliphatic carbocycles. The molecule has 0 unspecified atom stereocenters. The van der Waals surface area contributed by atoms with Gasteiger partial charge in [0.2, 0.25) is 0 Å². The van der Waals surface area contributed by atoms with Gasteiger partial charge in [0.1, 0.15) is 29.5 Å². The maximum absolute atomic E-state index is 13.4. The summed E-state index contributed by atoms with van der Waals surface area (Å²) in [7, 11) is 1.65. The molecule has 0 radical (unpaired) electrons. The van der Waals surface area contributed by atoms with E-state index in [9.17, 15) is 9.90 Å². The van der Waals surface area contributed by atoms with Gasteiger partial charge in [-0.15, -0.1) is 0 Å². The first-order valence-corrected chi connectivity index (χ1v) is 11.6. The van der Waals surface area contributed by atoms with Crippen LogP contribution in [0, 0.1) is 0 Å². The van der Waals surface area contributed by atoms with Gasteiger partial charge in [0.25, 0.3) is 5.91 Å². The van der Waals surface area contributed by atoms with Crippen LogP contribution in [0.4, 0.5) is 0 Å². The number of phenols is 1. The van der Waals surface area contributed by atoms with E-state index >= 15 is 0 Å². The molecule has 1 atom stereocenters. The van der Waals surface area contributed by atoms with E-state index in [-0.39, 0.29) is 17.7 Å². The molecular formula is C28H27N3O4. The lowest BCUT2D eigenvalue weighted by Gasteiger charge is -2.26. The zero-order valence-corrected chi connectivity index (χ0v) is 19.5. The van der Waals surface area contributed by atoms with E-state index in [0.29, 0.717) is 43.1 Å². The molecule has 2 N–H and O–H groups in total. The fourth-order valence-corrected chi connectivity index (χ4v) is 4.52. The number of carbonyl (C=O) groups is 1. The fraction of sp³-hybridized carbons (Fsp3) is 0.214. The molecule has 0 fully saturated rings. The van der Waals surface area contributed by atoms with Crippen LogP contribution in [0.25, 0.3) is 11.3 Å². The lowest BCUT2D eigenvalue weighted by Crippen LogP contribution is -2.31. The first kappa shape index (κ1) is 22.7. The van der Waals surface area contributed by atoms with Gasteiger partial charge in [-0.2, -0.15) is 5.10 Å². The summed E-state index contributed by atoms with van der Waals surface area (Å²) in [6.45, 7) is 1.57. The Bertz CT molecular complexity index is 1300. The Hall–Kier alpha value is -4.10. The normalized spacial score (nSPS) is 14.8. The van der Waals surface area contributed by atoms with Crippen LogP contribution >= 0.6 is 0 Å². The van der Waals surface area contributed by atoms with E-state index in [1.165, 1.54) is 0 Å². The van der Waals surface area contributed by atoms with Gasteiger partial charge in [-0.05, 0) is 41.8 Å². The molecule has 1 aliphatic heterocycles. The Balaban J connectivity index is 1.47. The summed E-state index contributed by atoms with van der Waals surface area (Å²) in [6, 6.07) is 24.5. The molecule has 2 heterocycles. The van der Waals surface area contributed by atoms with Crippen LogP contribution in [0.2, 0.25) is 0 Å². The molecular weight excluding hydrogens is 442 g/mol. The summed E-state index contributed by atoms with van der Waals surface area (Å²) in [4.78, 5) is 15.2. The highest BCUT2D eigenvalue weighted by Gasteiger charge is 2.42. The summed E-state index contributed by atoms with van der Waals surface area (Å²) in [6.07, 6.45) is 0.709. The largest absolute Gasteiger partial charge is 0.507 e. The molecule has 7 heteroatoms. The number of hydrogen-bond donors (Lipinski definition) is 2. The number of methoxy groups -OCH3 is 1. The smallest absolute Gasteiger partial charge is 0.273 e. The monoisotopic (exact) mass is 469 g/mol. The third-order valence-electron chi connectivity index (χ3n) is 6.21. The van der Waals surface area contributed by atoms with Gasteiger partial charge in [0.05, 0.1) is 6.04 Å². The average molecular weight is 470 g/mol. The quantitative estimate of drug-likeness (QED) is 0.339. The second-order valence-electron chi connectivity index (χ2n) is 8.47. The molecule has 35 heavy (non-hydrogen) atoms. The summed E-state index contributed by atoms with van der Waals surface area (Å²) in [5.41, 5.74) is 4.43. The first-order chi connectivity index (χ1) is 17.2. The van der Waals surface area contributed by atoms with Crippen molar-refractivity contribution in [1.29, 1.82) is 0 Å². The number of hydrogen-bond acceptors (Lipinski definition) is 5. The van der Waals surface area contributed by atoms with E-state index in [0.717, 1.165) is 22.4 Å². The van der Waals surface area contributed by atoms with Crippen LogP contribution in [0.1, 0.15) is 39.6 Å². The Morgan fingerprint density at radius 1 is 1.00 bits per heavy atom. The number of para-hydroxylation sites is 1. The number of amides is 1. The maximum atomic E-state index is 13.4. The predicted molar refractivity (Wildman–Crippen MR) is 132 cm³/mol. The van der Waals surface area contributed by atoms with Crippen molar-refractivity contribution in [3.63, 3.8) is 0 Å². The lowest BCUT2D eigenvalue weighted by molar-refractivity contribution is 0.0723. The number of carbonyl (C=O) groups excluding carboxylic acids is 1. The van der Waals surface area contributed by atoms with Crippen LogP contribution < -0.4 is 4.74 Å². The highest BCUT2D eigenvalue weighted by molar-refractivity contribution is 6.00. The first-order valence-electron chi connectivity index (χ1n) is 11.6. The molecule has 7 nitrogen and oxygen atoms in total. The summed E-state index contributed by atoms with van der Waals surface area (Å²) in [5.74, 6) is 0.761. The Labute approximate surface area is 203 Å². The molecule has 0 bridgehead atoms. The third-order valence-corrected chi connectivity index (χ3v) is 6.21. The van der Waals surface area contributed by atoms with Gasteiger partial charge >= 0.3 is 0 Å². The van der Waals surface area contributed by atoms with E-state index < -0.39 is 0 Å². The van der Waals surface area contributed by atoms with Crippen molar-refractivity contribution >= 4 is 5.91 Å². The third kappa shape index (κ3) is 4.50. The highest BCUT2D eigenvalue weighted by atomic mass is 16.5. The van der Waals surface area contributed by atoms with Crippen LogP contribution in [-0.4, -0.2) is 46.4 Å². The zero-order chi connectivity index (χ0) is 24.2. The average Bonchev–Trinajstić information content (AvgIpc) is 3.43. The number of aromatic amines is 1. The van der Waals surface area contributed by atoms with E-state index in [2.05, 4.69) is 10.2 Å². The molecule has 4 aromatic rings. The zero-order valence-electron chi connectivity index (χ0n) is 19.5. The number of H-pyrrole nitrogens is 1. The van der Waals surface area contributed by atoms with Crippen molar-refractivity contribution in [3.05, 3.63) is 101 Å². The van der Waals surface area contributed by atoms with Gasteiger partial charge in [-0.25, -0.2) is 0 Å². The number of aromatic nitrogens is 2. The van der Waals surface area contributed by atoms with Gasteiger partial charge in [-0.3, -0.25) is 9.89 Å². The number of nitrogens with zero attached hydrogens (tertiary/aromatic N) is 2. The summed E-state index contributed by atoms with van der Waals surface area (Å²) in [5, 5.41) is 17.8. The molecule has 3 aromatic carbocycles. The Morgan fingerprint density at radius 2 is 1.74 bits per heavy atom. The van der Waals surface area contributed by atoms with Crippen molar-refractivity contribution < 1.29 is 19.4 Å². The van der Waals surface area contributed by atoms with E-state index in [1.807, 2.05) is 65.6 Å². The Morgan fingerprint density at radius 3 is 2.49 bits per heavy atom. The lowest BCUT2D eigenvalue weighted by atomic mass is 9.95. The fourth-order valence-electron chi connectivity index (χ4n) is 4.52. The summed E-state index contributed by atoms with van der Waals surface area (Å²) < 4.78 is 11.2. The number of phenolic OH excluding ortho intramolecular Hbond substituents is 1. The number of aromatic hydroxyl groups is 1. The Kier molecular flexibility index (Phi) is 6.50. The number of benzene rings is 3. The van der Waals surface area contributed by atoms with Crippen molar-refractivity contribution in [1.82, 2.24) is 15.1 Å². The van der Waals surface area contributed by atoms with Crippen molar-refractivity contribution in [2.75, 3.05) is 20.3 Å². The highest BCUT2D eigenvalue weighted by Crippen LogP contribution is 2.44. The maximum Gasteiger partial charge on any atom is 0.273 e. The van der Waals surface area contributed by atoms with Crippen molar-refractivity contribution in [2.24, 2.45) is 0 Å². The van der Waals surface area contributed by atoms with E-state index in [4.69, 9.17) is 9.47 Å². The summed E-state index contributed by atoms with van der Waals surface area (Å²) >= 11 is 0. The molecule has 0 saturated heterocycles. The number of fused-ring (bicyclic) bond motifs is 1. The number of rotatable bonds is 9. The standard InChI is InChI=1S/C28H27N3O4/c1-34-17-7-16-31-27(20-12-14-21(15-13-20)35-18-19-8-3-2-4-9-19)24-25(29-30-26(24)28(31)33)22-10-5-6-11-23(22)32/h2-6,8-15,27,32H,7,16-18H2,1H3,(H,29,30)/t27-/m1/s1. The van der Waals surface area contributed by atoms with Gasteiger partial charge in [0.15, 0.2) is 0 Å². The SMILES string of the molecule is COCCCN1C(=O)c2[nH]nc(-c3ccccc3O)c2[C@H]1c1ccc(OCc2ccccc2)cc1. The van der Waals surface area contributed by atoms with Gasteiger partial charge in [0, 0.05) is 31.4 Å². The van der Waals surface area contributed by atoms with Crippen molar-refractivity contribution in [3.8, 4) is 22.8 Å². The van der Waals surface area contributed by atoms with Crippen molar-refractivity contribution in [2.45, 2.75) is 19.1 Å². The topological polar surface area (TPSA) is 87.7 Å². The second kappa shape index (κ2) is 10.0. The minimum atomic E-state index is -0.342.